The van der Waals surface area contributed by atoms with Crippen LogP contribution in [0.25, 0.3) is 0 Å². The van der Waals surface area contributed by atoms with Crippen LogP contribution in [0.15, 0.2) is 24.3 Å². The largest absolute Gasteiger partial charge is 0.321 e. The predicted octanol–water partition coefficient (Wildman–Crippen LogP) is 0.643. The molecule has 3 aliphatic rings. The summed E-state index contributed by atoms with van der Waals surface area (Å²) in [6.07, 6.45) is 0. The zero-order chi connectivity index (χ0) is 14.0. The molecule has 0 atom stereocenters. The second kappa shape index (κ2) is 5.23. The molecule has 1 aromatic rings. The van der Waals surface area contributed by atoms with Crippen LogP contribution >= 0.6 is 0 Å². The molecule has 4 rings (SSSR count). The number of piperazine rings is 3. The van der Waals surface area contributed by atoms with Gasteiger partial charge in [-0.15, -0.1) is 0 Å². The molecule has 1 amide bonds. The van der Waals surface area contributed by atoms with Crippen molar-refractivity contribution in [1.29, 1.82) is 5.26 Å². The third-order valence-electron chi connectivity index (χ3n) is 4.45. The van der Waals surface area contributed by atoms with Crippen molar-refractivity contribution in [3.63, 3.8) is 0 Å². The highest BCUT2D eigenvalue weighted by molar-refractivity contribution is 5.91. The Labute approximate surface area is 119 Å². The van der Waals surface area contributed by atoms with Crippen molar-refractivity contribution < 1.29 is 9.28 Å². The number of carbonyl (C=O) groups is 1. The van der Waals surface area contributed by atoms with E-state index in [1.54, 1.807) is 24.3 Å². The van der Waals surface area contributed by atoms with Gasteiger partial charge in [0.1, 0.15) is 0 Å². The minimum atomic E-state index is 0.0741. The second-order valence-electron chi connectivity index (χ2n) is 5.75. The number of hydrogen-bond donors (Lipinski definition) is 1. The lowest BCUT2D eigenvalue weighted by atomic mass is 10.1. The van der Waals surface area contributed by atoms with Gasteiger partial charge in [0.2, 0.25) is 0 Å². The summed E-state index contributed by atoms with van der Waals surface area (Å²) in [5, 5.41) is 11.7. The fourth-order valence-electron chi connectivity index (χ4n) is 3.10. The van der Waals surface area contributed by atoms with Crippen molar-refractivity contribution in [3.8, 4) is 6.07 Å². The number of nitrogens with zero attached hydrogens (tertiary/aromatic N) is 3. The highest BCUT2D eigenvalue weighted by Crippen LogP contribution is 2.19. The van der Waals surface area contributed by atoms with Crippen LogP contribution in [0.4, 0.5) is 5.69 Å². The van der Waals surface area contributed by atoms with E-state index < -0.39 is 0 Å². The Bertz CT molecular complexity index is 524. The standard InChI is InChI=1S/C15H18N4O/c16-11-13-1-3-14(4-2-13)17-15(20)12-19-8-5-18(6-9-19)7-10-19/h1-4H,5-10,12H2/p+1. The number of fused-ring (bicyclic) bond motifs is 3. The lowest BCUT2D eigenvalue weighted by molar-refractivity contribution is -0.933. The van der Waals surface area contributed by atoms with Gasteiger partial charge >= 0.3 is 0 Å². The second-order valence-corrected chi connectivity index (χ2v) is 5.75. The number of anilines is 1. The maximum Gasteiger partial charge on any atom is 0.279 e. The number of nitriles is 1. The molecule has 0 aromatic heterocycles. The maximum absolute atomic E-state index is 12.2. The van der Waals surface area contributed by atoms with Gasteiger partial charge < -0.3 is 9.80 Å². The molecule has 1 N–H and O–H groups in total. The summed E-state index contributed by atoms with van der Waals surface area (Å²) in [5.41, 5.74) is 1.37. The summed E-state index contributed by atoms with van der Waals surface area (Å²) in [6.45, 7) is 7.16. The van der Waals surface area contributed by atoms with Crippen molar-refractivity contribution in [3.05, 3.63) is 29.8 Å². The molecule has 3 saturated heterocycles. The lowest BCUT2D eigenvalue weighted by Crippen LogP contribution is -2.68. The first-order valence-corrected chi connectivity index (χ1v) is 7.07. The monoisotopic (exact) mass is 271 g/mol. The minimum Gasteiger partial charge on any atom is -0.321 e. The van der Waals surface area contributed by atoms with Crippen LogP contribution in [0.1, 0.15) is 5.56 Å². The molecule has 0 aliphatic carbocycles. The first kappa shape index (κ1) is 13.1. The summed E-state index contributed by atoms with van der Waals surface area (Å²) in [6, 6.07) is 9.09. The van der Waals surface area contributed by atoms with E-state index in [0.717, 1.165) is 49.4 Å². The number of carbonyl (C=O) groups excluding carboxylic acids is 1. The molecule has 5 nitrogen and oxygen atoms in total. The van der Waals surface area contributed by atoms with E-state index in [4.69, 9.17) is 5.26 Å². The van der Waals surface area contributed by atoms with Gasteiger partial charge in [-0.3, -0.25) is 9.69 Å². The Morgan fingerprint density at radius 3 is 2.35 bits per heavy atom. The van der Waals surface area contributed by atoms with E-state index in [1.165, 1.54) is 0 Å². The van der Waals surface area contributed by atoms with E-state index >= 15 is 0 Å². The molecule has 2 bridgehead atoms. The molecular formula is C15H19N4O+. The number of amides is 1. The van der Waals surface area contributed by atoms with Gasteiger partial charge in [-0.1, -0.05) is 0 Å². The van der Waals surface area contributed by atoms with Gasteiger partial charge in [0.25, 0.3) is 5.91 Å². The summed E-state index contributed by atoms with van der Waals surface area (Å²) < 4.78 is 0.929. The normalized spacial score (nSPS) is 27.9. The van der Waals surface area contributed by atoms with Gasteiger partial charge in [-0.25, -0.2) is 0 Å². The molecule has 104 valence electrons. The molecular weight excluding hydrogens is 252 g/mol. The number of hydrogen-bond acceptors (Lipinski definition) is 3. The van der Waals surface area contributed by atoms with Gasteiger partial charge in [0, 0.05) is 25.3 Å². The van der Waals surface area contributed by atoms with E-state index in [2.05, 4.69) is 16.3 Å². The van der Waals surface area contributed by atoms with E-state index in [1.807, 2.05) is 0 Å². The molecule has 3 fully saturated rings. The Kier molecular flexibility index (Phi) is 3.43. The number of rotatable bonds is 3. The van der Waals surface area contributed by atoms with Gasteiger partial charge in [0.15, 0.2) is 6.54 Å². The Balaban J connectivity index is 1.60. The fraction of sp³-hybridized carbons (Fsp3) is 0.467. The van der Waals surface area contributed by atoms with E-state index in [9.17, 15) is 4.79 Å². The van der Waals surface area contributed by atoms with Crippen molar-refractivity contribution in [2.24, 2.45) is 0 Å². The van der Waals surface area contributed by atoms with Crippen molar-refractivity contribution >= 4 is 11.6 Å². The zero-order valence-electron chi connectivity index (χ0n) is 11.5. The van der Waals surface area contributed by atoms with Crippen molar-refractivity contribution in [2.45, 2.75) is 0 Å². The van der Waals surface area contributed by atoms with Crippen LogP contribution in [-0.4, -0.2) is 61.1 Å². The third kappa shape index (κ3) is 2.67. The van der Waals surface area contributed by atoms with E-state index in [0.29, 0.717) is 12.1 Å². The van der Waals surface area contributed by atoms with Gasteiger partial charge in [-0.2, -0.15) is 5.26 Å². The van der Waals surface area contributed by atoms with Crippen LogP contribution in [0.3, 0.4) is 0 Å². The maximum atomic E-state index is 12.2. The van der Waals surface area contributed by atoms with Crippen molar-refractivity contribution in [1.82, 2.24) is 4.90 Å². The van der Waals surface area contributed by atoms with Crippen LogP contribution in [0.5, 0.6) is 0 Å². The average Bonchev–Trinajstić information content (AvgIpc) is 2.49. The van der Waals surface area contributed by atoms with Crippen LogP contribution < -0.4 is 5.32 Å². The topological polar surface area (TPSA) is 56.1 Å². The molecule has 5 heteroatoms. The third-order valence-corrected chi connectivity index (χ3v) is 4.45. The zero-order valence-corrected chi connectivity index (χ0v) is 11.5. The van der Waals surface area contributed by atoms with Gasteiger partial charge in [-0.05, 0) is 24.3 Å². The van der Waals surface area contributed by atoms with Crippen LogP contribution in [0, 0.1) is 11.3 Å². The summed E-state index contributed by atoms with van der Waals surface area (Å²) in [7, 11) is 0. The fourth-order valence-corrected chi connectivity index (χ4v) is 3.10. The Hall–Kier alpha value is -1.90. The number of benzene rings is 1. The molecule has 0 unspecified atom stereocenters. The van der Waals surface area contributed by atoms with Crippen molar-refractivity contribution in [2.75, 3.05) is 51.1 Å². The highest BCUT2D eigenvalue weighted by Gasteiger charge is 2.39. The average molecular weight is 271 g/mol. The summed E-state index contributed by atoms with van der Waals surface area (Å²) >= 11 is 0. The molecule has 3 heterocycles. The first-order chi connectivity index (χ1) is 9.69. The SMILES string of the molecule is N#Cc1ccc(NC(=O)C[N+]23CCN(CC2)CC3)cc1. The number of quaternary nitrogens is 1. The Morgan fingerprint density at radius 1 is 1.20 bits per heavy atom. The Morgan fingerprint density at radius 2 is 1.80 bits per heavy atom. The molecule has 0 spiro atoms. The minimum absolute atomic E-state index is 0.0741. The molecule has 1 aromatic carbocycles. The molecule has 3 aliphatic heterocycles. The first-order valence-electron chi connectivity index (χ1n) is 7.07. The smallest absolute Gasteiger partial charge is 0.279 e. The quantitative estimate of drug-likeness (QED) is 0.821. The van der Waals surface area contributed by atoms with E-state index in [-0.39, 0.29) is 5.91 Å². The highest BCUT2D eigenvalue weighted by atomic mass is 16.2. The molecule has 20 heavy (non-hydrogen) atoms. The molecule has 0 radical (unpaired) electrons. The summed E-state index contributed by atoms with van der Waals surface area (Å²) in [4.78, 5) is 14.7. The predicted molar refractivity (Wildman–Crippen MR) is 76.0 cm³/mol. The molecule has 0 saturated carbocycles. The van der Waals surface area contributed by atoms with Crippen LogP contribution in [-0.2, 0) is 4.79 Å². The van der Waals surface area contributed by atoms with Crippen LogP contribution in [0.2, 0.25) is 0 Å². The van der Waals surface area contributed by atoms with Gasteiger partial charge in [0.05, 0.1) is 31.3 Å². The lowest BCUT2D eigenvalue weighted by Gasteiger charge is -2.50. The number of nitrogens with one attached hydrogen (secondary N) is 1. The summed E-state index contributed by atoms with van der Waals surface area (Å²) in [5.74, 6) is 0.0741.